The van der Waals surface area contributed by atoms with Gasteiger partial charge in [0, 0.05) is 24.5 Å². The number of nitrogens with two attached hydrogens (primary N) is 1. The lowest BCUT2D eigenvalue weighted by Crippen LogP contribution is -2.30. The number of aryl methyl sites for hydroxylation is 2. The number of aromatic nitrogens is 3. The third-order valence-corrected chi connectivity index (χ3v) is 3.29. The Bertz CT molecular complexity index is 448. The molecule has 3 N–H and O–H groups in total. The SMILES string of the molecule is Cc1cc(C(Cc2cncs2)NN)n(C)n1. The first-order valence-corrected chi connectivity index (χ1v) is 5.92. The minimum Gasteiger partial charge on any atom is -0.271 e. The van der Waals surface area contributed by atoms with Crippen molar-refractivity contribution in [3.8, 4) is 0 Å². The van der Waals surface area contributed by atoms with Crippen LogP contribution < -0.4 is 11.3 Å². The van der Waals surface area contributed by atoms with E-state index in [1.165, 1.54) is 4.88 Å². The topological polar surface area (TPSA) is 68.8 Å². The molecule has 0 aliphatic rings. The lowest BCUT2D eigenvalue weighted by Gasteiger charge is -2.14. The van der Waals surface area contributed by atoms with E-state index >= 15 is 0 Å². The average Bonchev–Trinajstić information content (AvgIpc) is 2.85. The number of nitrogens with one attached hydrogen (secondary N) is 1. The average molecular weight is 237 g/mol. The lowest BCUT2D eigenvalue weighted by atomic mass is 10.1. The van der Waals surface area contributed by atoms with Gasteiger partial charge in [-0.15, -0.1) is 11.3 Å². The fourth-order valence-electron chi connectivity index (χ4n) is 1.75. The van der Waals surface area contributed by atoms with Gasteiger partial charge in [-0.05, 0) is 13.0 Å². The summed E-state index contributed by atoms with van der Waals surface area (Å²) in [5.41, 5.74) is 6.75. The third-order valence-electron chi connectivity index (χ3n) is 2.49. The second-order valence-electron chi connectivity index (χ2n) is 3.73. The number of hydrogen-bond donors (Lipinski definition) is 2. The van der Waals surface area contributed by atoms with Crippen LogP contribution in [0.3, 0.4) is 0 Å². The normalized spacial score (nSPS) is 12.9. The molecule has 0 aliphatic heterocycles. The molecule has 16 heavy (non-hydrogen) atoms. The molecule has 0 aliphatic carbocycles. The second kappa shape index (κ2) is 4.73. The summed E-state index contributed by atoms with van der Waals surface area (Å²) in [7, 11) is 1.93. The van der Waals surface area contributed by atoms with E-state index in [4.69, 9.17) is 5.84 Å². The third kappa shape index (κ3) is 2.29. The Hall–Kier alpha value is -1.24. The van der Waals surface area contributed by atoms with Crippen LogP contribution in [0.1, 0.15) is 22.3 Å². The Balaban J connectivity index is 2.19. The van der Waals surface area contributed by atoms with E-state index in [9.17, 15) is 0 Å². The number of thiazole rings is 1. The van der Waals surface area contributed by atoms with Crippen LogP contribution in [0.4, 0.5) is 0 Å². The van der Waals surface area contributed by atoms with Gasteiger partial charge in [-0.25, -0.2) is 0 Å². The molecule has 6 heteroatoms. The van der Waals surface area contributed by atoms with Crippen molar-refractivity contribution in [3.05, 3.63) is 34.0 Å². The molecule has 2 rings (SSSR count). The Morgan fingerprint density at radius 2 is 2.44 bits per heavy atom. The van der Waals surface area contributed by atoms with Crippen LogP contribution in [0.15, 0.2) is 17.8 Å². The molecule has 86 valence electrons. The summed E-state index contributed by atoms with van der Waals surface area (Å²) in [6, 6.07) is 2.12. The Kier molecular flexibility index (Phi) is 3.33. The molecule has 0 saturated heterocycles. The lowest BCUT2D eigenvalue weighted by molar-refractivity contribution is 0.511. The first-order valence-electron chi connectivity index (χ1n) is 5.04. The van der Waals surface area contributed by atoms with Crippen LogP contribution in [0, 0.1) is 6.92 Å². The van der Waals surface area contributed by atoms with E-state index in [-0.39, 0.29) is 6.04 Å². The van der Waals surface area contributed by atoms with Crippen LogP contribution in [-0.2, 0) is 13.5 Å². The molecule has 2 aromatic heterocycles. The van der Waals surface area contributed by atoms with Gasteiger partial charge in [0.25, 0.3) is 0 Å². The zero-order chi connectivity index (χ0) is 11.5. The quantitative estimate of drug-likeness (QED) is 0.613. The Morgan fingerprint density at radius 3 is 2.94 bits per heavy atom. The van der Waals surface area contributed by atoms with E-state index in [2.05, 4.69) is 15.5 Å². The first-order chi connectivity index (χ1) is 7.70. The van der Waals surface area contributed by atoms with Gasteiger partial charge in [-0.1, -0.05) is 0 Å². The van der Waals surface area contributed by atoms with Gasteiger partial charge in [0.15, 0.2) is 0 Å². The smallest absolute Gasteiger partial charge is 0.0794 e. The summed E-state index contributed by atoms with van der Waals surface area (Å²) < 4.78 is 1.86. The van der Waals surface area contributed by atoms with Gasteiger partial charge >= 0.3 is 0 Å². The molecular formula is C10H15N5S. The van der Waals surface area contributed by atoms with Gasteiger partial charge in [-0.2, -0.15) is 5.10 Å². The van der Waals surface area contributed by atoms with E-state index in [0.29, 0.717) is 0 Å². The molecule has 0 bridgehead atoms. The first kappa shape index (κ1) is 11.3. The summed E-state index contributed by atoms with van der Waals surface area (Å²) >= 11 is 1.64. The van der Waals surface area contributed by atoms with Crippen molar-refractivity contribution in [1.29, 1.82) is 0 Å². The largest absolute Gasteiger partial charge is 0.271 e. The van der Waals surface area contributed by atoms with Crippen molar-refractivity contribution in [3.63, 3.8) is 0 Å². The van der Waals surface area contributed by atoms with E-state index in [1.54, 1.807) is 11.3 Å². The predicted octanol–water partition coefficient (Wildman–Crippen LogP) is 0.932. The summed E-state index contributed by atoms with van der Waals surface area (Å²) in [6.45, 7) is 1.98. The molecule has 0 spiro atoms. The fourth-order valence-corrected chi connectivity index (χ4v) is 2.39. The predicted molar refractivity (Wildman–Crippen MR) is 63.8 cm³/mol. The molecule has 0 fully saturated rings. The van der Waals surface area contributed by atoms with E-state index in [0.717, 1.165) is 17.8 Å². The molecule has 0 saturated carbocycles. The van der Waals surface area contributed by atoms with Crippen LogP contribution in [-0.4, -0.2) is 14.8 Å². The monoisotopic (exact) mass is 237 g/mol. The highest BCUT2D eigenvalue weighted by Crippen LogP contribution is 2.19. The highest BCUT2D eigenvalue weighted by molar-refractivity contribution is 7.09. The summed E-state index contributed by atoms with van der Waals surface area (Å²) in [4.78, 5) is 5.27. The van der Waals surface area contributed by atoms with Crippen molar-refractivity contribution >= 4 is 11.3 Å². The van der Waals surface area contributed by atoms with Crippen molar-refractivity contribution in [2.24, 2.45) is 12.9 Å². The van der Waals surface area contributed by atoms with Gasteiger partial charge in [0.05, 0.1) is 22.9 Å². The van der Waals surface area contributed by atoms with Gasteiger partial charge < -0.3 is 0 Å². The van der Waals surface area contributed by atoms with Gasteiger partial charge in [0.2, 0.25) is 0 Å². The van der Waals surface area contributed by atoms with Crippen molar-refractivity contribution in [2.45, 2.75) is 19.4 Å². The number of nitrogens with zero attached hydrogens (tertiary/aromatic N) is 3. The molecule has 1 unspecified atom stereocenters. The molecule has 5 nitrogen and oxygen atoms in total. The second-order valence-corrected chi connectivity index (χ2v) is 4.70. The Morgan fingerprint density at radius 1 is 1.62 bits per heavy atom. The van der Waals surface area contributed by atoms with Gasteiger partial charge in [-0.3, -0.25) is 20.9 Å². The van der Waals surface area contributed by atoms with Gasteiger partial charge in [0.1, 0.15) is 0 Å². The van der Waals surface area contributed by atoms with E-state index < -0.39 is 0 Å². The van der Waals surface area contributed by atoms with Crippen LogP contribution in [0.25, 0.3) is 0 Å². The zero-order valence-corrected chi connectivity index (χ0v) is 10.2. The van der Waals surface area contributed by atoms with Crippen LogP contribution >= 0.6 is 11.3 Å². The minimum atomic E-state index is 0.0756. The molecule has 1 atom stereocenters. The summed E-state index contributed by atoms with van der Waals surface area (Å²) in [5, 5.41) is 4.32. The number of rotatable bonds is 4. The molecule has 0 amide bonds. The van der Waals surface area contributed by atoms with Crippen molar-refractivity contribution < 1.29 is 0 Å². The summed E-state index contributed by atoms with van der Waals surface area (Å²) in [6.07, 6.45) is 2.71. The fraction of sp³-hybridized carbons (Fsp3) is 0.400. The molecule has 2 heterocycles. The minimum absolute atomic E-state index is 0.0756. The maximum absolute atomic E-state index is 5.59. The molecule has 0 aromatic carbocycles. The highest BCUT2D eigenvalue weighted by Gasteiger charge is 2.15. The molecule has 0 radical (unpaired) electrons. The maximum atomic E-state index is 5.59. The van der Waals surface area contributed by atoms with Crippen LogP contribution in [0.5, 0.6) is 0 Å². The molecule has 2 aromatic rings. The van der Waals surface area contributed by atoms with Crippen LogP contribution in [0.2, 0.25) is 0 Å². The maximum Gasteiger partial charge on any atom is 0.0794 e. The molecular weight excluding hydrogens is 222 g/mol. The highest BCUT2D eigenvalue weighted by atomic mass is 32.1. The zero-order valence-electron chi connectivity index (χ0n) is 9.34. The van der Waals surface area contributed by atoms with Crippen molar-refractivity contribution in [2.75, 3.05) is 0 Å². The van der Waals surface area contributed by atoms with E-state index in [1.807, 2.05) is 36.4 Å². The Labute approximate surface area is 98.3 Å². The standard InChI is InChI=1S/C10H15N5S/c1-7-3-10(15(2)14-7)9(13-11)4-8-5-12-6-16-8/h3,5-6,9,13H,4,11H2,1-2H3. The number of hydrogen-bond acceptors (Lipinski definition) is 5. The van der Waals surface area contributed by atoms with Crippen molar-refractivity contribution in [1.82, 2.24) is 20.2 Å². The number of hydrazine groups is 1. The summed E-state index contributed by atoms with van der Waals surface area (Å²) in [5.74, 6) is 5.59.